The van der Waals surface area contributed by atoms with Crippen LogP contribution in [0.3, 0.4) is 0 Å². The Labute approximate surface area is 148 Å². The third kappa shape index (κ3) is 6.37. The van der Waals surface area contributed by atoms with Gasteiger partial charge in [-0.2, -0.15) is 0 Å². The molecule has 0 aliphatic rings. The van der Waals surface area contributed by atoms with Gasteiger partial charge in [0.1, 0.15) is 23.9 Å². The van der Waals surface area contributed by atoms with Crippen molar-refractivity contribution in [2.45, 2.75) is 26.3 Å². The molecule has 1 atom stereocenters. The summed E-state index contributed by atoms with van der Waals surface area (Å²) in [5, 5.41) is 2.85. The lowest BCUT2D eigenvalue weighted by Gasteiger charge is -2.15. The summed E-state index contributed by atoms with van der Waals surface area (Å²) in [4.78, 5) is 11.9. The molecular formula is C20H25NO4. The van der Waals surface area contributed by atoms with Crippen LogP contribution in [0.4, 0.5) is 0 Å². The Morgan fingerprint density at radius 3 is 2.12 bits per heavy atom. The van der Waals surface area contributed by atoms with Crippen LogP contribution in [0.25, 0.3) is 0 Å². The highest BCUT2D eigenvalue weighted by Gasteiger charge is 2.09. The van der Waals surface area contributed by atoms with E-state index in [4.69, 9.17) is 14.2 Å². The Balaban J connectivity index is 1.69. The fourth-order valence-electron chi connectivity index (χ4n) is 2.22. The van der Waals surface area contributed by atoms with Crippen LogP contribution in [-0.2, 0) is 11.2 Å². The fourth-order valence-corrected chi connectivity index (χ4v) is 2.22. The van der Waals surface area contributed by atoms with Crippen molar-refractivity contribution in [3.8, 4) is 17.2 Å². The SMILES string of the molecule is CCc1ccc(OCC(=O)N[C@H](C)COc2ccc(OC)cc2)cc1. The zero-order chi connectivity index (χ0) is 18.1. The van der Waals surface area contributed by atoms with Crippen LogP contribution >= 0.6 is 0 Å². The van der Waals surface area contributed by atoms with Crippen molar-refractivity contribution in [2.75, 3.05) is 20.3 Å². The maximum absolute atomic E-state index is 11.9. The molecule has 1 amide bonds. The van der Waals surface area contributed by atoms with Crippen LogP contribution in [0.2, 0.25) is 0 Å². The van der Waals surface area contributed by atoms with Crippen molar-refractivity contribution in [3.63, 3.8) is 0 Å². The van der Waals surface area contributed by atoms with Gasteiger partial charge in [0.2, 0.25) is 0 Å². The number of nitrogens with one attached hydrogen (secondary N) is 1. The normalized spacial score (nSPS) is 11.5. The van der Waals surface area contributed by atoms with E-state index in [2.05, 4.69) is 12.2 Å². The molecule has 0 aromatic heterocycles. The van der Waals surface area contributed by atoms with Crippen molar-refractivity contribution in [1.82, 2.24) is 5.32 Å². The molecule has 5 heteroatoms. The molecule has 0 unspecified atom stereocenters. The summed E-state index contributed by atoms with van der Waals surface area (Å²) in [6.07, 6.45) is 0.979. The van der Waals surface area contributed by atoms with Crippen molar-refractivity contribution >= 4 is 5.91 Å². The molecule has 0 heterocycles. The predicted octanol–water partition coefficient (Wildman–Crippen LogP) is 3.22. The molecule has 0 fully saturated rings. The Bertz CT molecular complexity index is 652. The molecule has 0 saturated heterocycles. The van der Waals surface area contributed by atoms with Gasteiger partial charge in [-0.15, -0.1) is 0 Å². The first-order valence-corrected chi connectivity index (χ1v) is 8.38. The van der Waals surface area contributed by atoms with E-state index in [9.17, 15) is 4.79 Å². The minimum absolute atomic E-state index is 0.0155. The summed E-state index contributed by atoms with van der Waals surface area (Å²) in [7, 11) is 1.62. The summed E-state index contributed by atoms with van der Waals surface area (Å²) in [6, 6.07) is 14.9. The van der Waals surface area contributed by atoms with Gasteiger partial charge in [0.25, 0.3) is 5.91 Å². The third-order valence-corrected chi connectivity index (χ3v) is 3.67. The first-order chi connectivity index (χ1) is 12.1. The summed E-state index contributed by atoms with van der Waals surface area (Å²) in [5.74, 6) is 2.02. The lowest BCUT2D eigenvalue weighted by Crippen LogP contribution is -2.39. The number of rotatable bonds is 9. The van der Waals surface area contributed by atoms with Gasteiger partial charge in [-0.05, 0) is 55.3 Å². The van der Waals surface area contributed by atoms with Gasteiger partial charge < -0.3 is 19.5 Å². The predicted molar refractivity (Wildman–Crippen MR) is 97.4 cm³/mol. The molecular weight excluding hydrogens is 318 g/mol. The highest BCUT2D eigenvalue weighted by molar-refractivity contribution is 5.77. The minimum atomic E-state index is -0.176. The largest absolute Gasteiger partial charge is 0.497 e. The number of amides is 1. The van der Waals surface area contributed by atoms with Crippen molar-refractivity contribution < 1.29 is 19.0 Å². The lowest BCUT2D eigenvalue weighted by molar-refractivity contribution is -0.123. The zero-order valence-electron chi connectivity index (χ0n) is 15.0. The third-order valence-electron chi connectivity index (χ3n) is 3.67. The van der Waals surface area contributed by atoms with Crippen LogP contribution in [0.5, 0.6) is 17.2 Å². The van der Waals surface area contributed by atoms with Gasteiger partial charge in [-0.25, -0.2) is 0 Å². The van der Waals surface area contributed by atoms with Crippen molar-refractivity contribution in [3.05, 3.63) is 54.1 Å². The average Bonchev–Trinajstić information content (AvgIpc) is 2.65. The summed E-state index contributed by atoms with van der Waals surface area (Å²) < 4.78 is 16.2. The maximum atomic E-state index is 11.9. The number of carbonyl (C=O) groups excluding carboxylic acids is 1. The Kier molecular flexibility index (Phi) is 7.14. The van der Waals surface area contributed by atoms with Gasteiger partial charge >= 0.3 is 0 Å². The van der Waals surface area contributed by atoms with Gasteiger partial charge in [-0.3, -0.25) is 4.79 Å². The monoisotopic (exact) mass is 343 g/mol. The van der Waals surface area contributed by atoms with E-state index in [0.717, 1.165) is 17.9 Å². The standard InChI is InChI=1S/C20H25NO4/c1-4-16-5-7-18(8-6-16)25-14-20(22)21-15(2)13-24-19-11-9-17(23-3)10-12-19/h5-12,15H,4,13-14H2,1-3H3,(H,21,22)/t15-/m1/s1. The van der Waals surface area contributed by atoms with Crippen LogP contribution in [0, 0.1) is 0 Å². The van der Waals surface area contributed by atoms with Crippen LogP contribution in [-0.4, -0.2) is 32.3 Å². The van der Waals surface area contributed by atoms with Crippen molar-refractivity contribution in [1.29, 1.82) is 0 Å². The van der Waals surface area contributed by atoms with Crippen LogP contribution < -0.4 is 19.5 Å². The molecule has 2 aromatic carbocycles. The zero-order valence-corrected chi connectivity index (χ0v) is 15.0. The number of hydrogen-bond donors (Lipinski definition) is 1. The first kappa shape index (κ1) is 18.6. The molecule has 0 aliphatic heterocycles. The first-order valence-electron chi connectivity index (χ1n) is 8.38. The number of methoxy groups -OCH3 is 1. The van der Waals surface area contributed by atoms with E-state index >= 15 is 0 Å². The Morgan fingerprint density at radius 2 is 1.52 bits per heavy atom. The molecule has 5 nitrogen and oxygen atoms in total. The van der Waals surface area contributed by atoms with Crippen LogP contribution in [0.15, 0.2) is 48.5 Å². The molecule has 0 spiro atoms. The molecule has 25 heavy (non-hydrogen) atoms. The molecule has 2 rings (SSSR count). The number of benzene rings is 2. The number of ether oxygens (including phenoxy) is 3. The Hall–Kier alpha value is -2.69. The molecule has 0 aliphatic carbocycles. The quantitative estimate of drug-likeness (QED) is 0.759. The smallest absolute Gasteiger partial charge is 0.258 e. The topological polar surface area (TPSA) is 56.8 Å². The molecule has 0 bridgehead atoms. The fraction of sp³-hybridized carbons (Fsp3) is 0.350. The van der Waals surface area contributed by atoms with Gasteiger partial charge in [0.05, 0.1) is 13.2 Å². The average molecular weight is 343 g/mol. The summed E-state index contributed by atoms with van der Waals surface area (Å²) >= 11 is 0. The van der Waals surface area contributed by atoms with E-state index in [1.54, 1.807) is 7.11 Å². The van der Waals surface area contributed by atoms with E-state index in [1.807, 2.05) is 55.5 Å². The summed E-state index contributed by atoms with van der Waals surface area (Å²) in [5.41, 5.74) is 1.24. The van der Waals surface area contributed by atoms with E-state index in [0.29, 0.717) is 12.4 Å². The second-order valence-electron chi connectivity index (χ2n) is 5.74. The maximum Gasteiger partial charge on any atom is 0.258 e. The van der Waals surface area contributed by atoms with Crippen molar-refractivity contribution in [2.24, 2.45) is 0 Å². The summed E-state index contributed by atoms with van der Waals surface area (Å²) in [6.45, 7) is 4.35. The van der Waals surface area contributed by atoms with Gasteiger partial charge in [0.15, 0.2) is 6.61 Å². The molecule has 134 valence electrons. The molecule has 2 aromatic rings. The van der Waals surface area contributed by atoms with Gasteiger partial charge in [-0.1, -0.05) is 19.1 Å². The number of hydrogen-bond acceptors (Lipinski definition) is 4. The molecule has 0 saturated carbocycles. The number of carbonyl (C=O) groups is 1. The second-order valence-corrected chi connectivity index (χ2v) is 5.74. The van der Waals surface area contributed by atoms with E-state index in [1.165, 1.54) is 5.56 Å². The van der Waals surface area contributed by atoms with Gasteiger partial charge in [0, 0.05) is 0 Å². The van der Waals surface area contributed by atoms with E-state index < -0.39 is 0 Å². The highest BCUT2D eigenvalue weighted by Crippen LogP contribution is 2.17. The lowest BCUT2D eigenvalue weighted by atomic mass is 10.2. The number of aryl methyl sites for hydroxylation is 1. The Morgan fingerprint density at radius 1 is 0.960 bits per heavy atom. The van der Waals surface area contributed by atoms with E-state index in [-0.39, 0.29) is 18.6 Å². The second kappa shape index (κ2) is 9.57. The molecule has 0 radical (unpaired) electrons. The highest BCUT2D eigenvalue weighted by atomic mass is 16.5. The molecule has 1 N–H and O–H groups in total. The van der Waals surface area contributed by atoms with Crippen LogP contribution in [0.1, 0.15) is 19.4 Å². The minimum Gasteiger partial charge on any atom is -0.497 e.